The van der Waals surface area contributed by atoms with Crippen molar-refractivity contribution in [3.63, 3.8) is 0 Å². The second-order valence-electron chi connectivity index (χ2n) is 9.67. The molecule has 1 radical (unpaired) electrons. The predicted octanol–water partition coefficient (Wildman–Crippen LogP) is 7.52. The van der Waals surface area contributed by atoms with Crippen LogP contribution >= 0.6 is 7.81 Å². The molecule has 0 atom stereocenters. The van der Waals surface area contributed by atoms with Gasteiger partial charge >= 0.3 is 33.0 Å². The molecule has 2 aliphatic rings. The second kappa shape index (κ2) is 10.8. The minimum Gasteiger partial charge on any atom is -0.251 e. The molecule has 0 N–H and O–H groups in total. The molecular formula is C24H34AuF6N4P-. The largest absolute Gasteiger partial charge is 0.251 e. The van der Waals surface area contributed by atoms with Crippen LogP contribution in [0, 0.1) is 12.5 Å². The van der Waals surface area contributed by atoms with Gasteiger partial charge in [-0.1, -0.05) is 55.6 Å². The van der Waals surface area contributed by atoms with E-state index in [4.69, 9.17) is 0 Å². The number of nitrogens with zero attached hydrogens (tertiary/aromatic N) is 4. The van der Waals surface area contributed by atoms with Gasteiger partial charge in [-0.25, -0.2) is 4.68 Å². The van der Waals surface area contributed by atoms with Crippen LogP contribution in [0.5, 0.6) is 0 Å². The summed E-state index contributed by atoms with van der Waals surface area (Å²) in [4.78, 5) is 0. The average molecular weight is 720 g/mol. The normalized spacial score (nSPS) is 17.0. The summed E-state index contributed by atoms with van der Waals surface area (Å²) >= 11 is 0. The standard InChI is InChI=1S/C13H18N2.C11H16N2.Au.F6P/c1-10(2)14-9-15(11(3)4)13-8-6-5-7-12(13)14;1-2-6-11-10(5-1)9-12-7-3-4-8-13(11)12;;1-7(2,3,4,5)6/h5-8,10-11H,1-4H3;1-8H2;;/q;;;-1. The van der Waals surface area contributed by atoms with Gasteiger partial charge in [0.1, 0.15) is 0 Å². The summed E-state index contributed by atoms with van der Waals surface area (Å²) in [5, 5.41) is 0. The van der Waals surface area contributed by atoms with Crippen molar-refractivity contribution in [2.45, 2.75) is 91.4 Å². The molecule has 1 aliphatic heterocycles. The fraction of sp³-hybridized carbons (Fsp3) is 0.583. The number of rotatable bonds is 2. The van der Waals surface area contributed by atoms with Gasteiger partial charge in [0.25, 0.3) is 0 Å². The van der Waals surface area contributed by atoms with Crippen LogP contribution in [-0.2, 0) is 48.3 Å². The third-order valence-corrected chi connectivity index (χ3v) is 5.94. The maximum atomic E-state index is 9.87. The molecule has 3 aromatic rings. The van der Waals surface area contributed by atoms with Crippen molar-refractivity contribution >= 4 is 18.8 Å². The van der Waals surface area contributed by atoms with E-state index in [9.17, 15) is 25.2 Å². The molecule has 2 aromatic heterocycles. The summed E-state index contributed by atoms with van der Waals surface area (Å²) in [5.41, 5.74) is 5.63. The Bertz CT molecular complexity index is 1090. The van der Waals surface area contributed by atoms with Gasteiger partial charge in [-0.2, -0.15) is 0 Å². The summed E-state index contributed by atoms with van der Waals surface area (Å²) in [6.45, 7) is 11.2. The smallest absolute Gasteiger partial charge is 0.152 e. The van der Waals surface area contributed by atoms with Crippen LogP contribution in [0.15, 0.2) is 24.3 Å². The predicted molar refractivity (Wildman–Crippen MR) is 125 cm³/mol. The van der Waals surface area contributed by atoms with Gasteiger partial charge < -0.3 is 9.13 Å². The van der Waals surface area contributed by atoms with Crippen molar-refractivity contribution < 1.29 is 56.8 Å². The second-order valence-corrected chi connectivity index (χ2v) is 11.6. The summed E-state index contributed by atoms with van der Waals surface area (Å²) in [5.74, 6) is 0. The van der Waals surface area contributed by atoms with E-state index >= 15 is 0 Å². The maximum Gasteiger partial charge on any atom is 0.152 e. The molecule has 0 amide bonds. The van der Waals surface area contributed by atoms with Crippen LogP contribution in [-0.4, -0.2) is 9.25 Å². The quantitative estimate of drug-likeness (QED) is 0.0858. The van der Waals surface area contributed by atoms with Crippen molar-refractivity contribution in [1.82, 2.24) is 9.25 Å². The van der Waals surface area contributed by atoms with E-state index in [-0.39, 0.29) is 22.4 Å². The molecule has 5 rings (SSSR count). The first-order chi connectivity index (χ1) is 16.0. The summed E-state index contributed by atoms with van der Waals surface area (Å²) < 4.78 is 68.4. The number of halogens is 6. The zero-order valence-electron chi connectivity index (χ0n) is 20.9. The van der Waals surface area contributed by atoms with Gasteiger partial charge in [-0.15, -0.1) is 5.56 Å². The minimum atomic E-state index is -10.7. The summed E-state index contributed by atoms with van der Waals surface area (Å²) in [6.07, 6.45) is 15.0. The van der Waals surface area contributed by atoms with Gasteiger partial charge in [0.05, 0.1) is 24.8 Å². The number of benzene rings is 1. The van der Waals surface area contributed by atoms with Crippen molar-refractivity contribution in [1.29, 1.82) is 0 Å². The van der Waals surface area contributed by atoms with E-state index < -0.39 is 7.81 Å². The van der Waals surface area contributed by atoms with Gasteiger partial charge in [0, 0.05) is 39.8 Å². The molecule has 36 heavy (non-hydrogen) atoms. The number of imidazole rings is 1. The Hall–Kier alpha value is -1.35. The third-order valence-electron chi connectivity index (χ3n) is 5.94. The Morgan fingerprint density at radius 1 is 0.889 bits per heavy atom. The maximum absolute atomic E-state index is 10.7. The first-order valence-electron chi connectivity index (χ1n) is 12.0. The SMILES string of the molecule is CC(C)n1[c-][n+](C(C)C)c2ccccc21.F[P-](F)(F)(F)(F)F.[Au].[c-]1c2c(n3[n+]1CCCC3)CCCC2. The first-order valence-corrected chi connectivity index (χ1v) is 14.1. The molecule has 3 heterocycles. The fourth-order valence-corrected chi connectivity index (χ4v) is 4.49. The van der Waals surface area contributed by atoms with Crippen LogP contribution in [0.25, 0.3) is 11.0 Å². The molecule has 12 heteroatoms. The van der Waals surface area contributed by atoms with Gasteiger partial charge in [0.15, 0.2) is 6.54 Å². The van der Waals surface area contributed by atoms with Crippen molar-refractivity contribution in [2.24, 2.45) is 0 Å². The molecule has 1 aromatic carbocycles. The van der Waals surface area contributed by atoms with Crippen LogP contribution in [0.3, 0.4) is 0 Å². The van der Waals surface area contributed by atoms with Gasteiger partial charge in [0.2, 0.25) is 6.33 Å². The van der Waals surface area contributed by atoms with Crippen LogP contribution in [0.1, 0.15) is 76.7 Å². The van der Waals surface area contributed by atoms with E-state index in [1.807, 2.05) is 0 Å². The Morgan fingerprint density at radius 3 is 2.11 bits per heavy atom. The van der Waals surface area contributed by atoms with E-state index in [0.717, 1.165) is 0 Å². The van der Waals surface area contributed by atoms with E-state index in [1.165, 1.54) is 68.2 Å². The number of aryl methyl sites for hydroxylation is 2. The molecule has 0 bridgehead atoms. The molecule has 209 valence electrons. The summed E-state index contributed by atoms with van der Waals surface area (Å²) in [6, 6.07) is 9.39. The number of fused-ring (bicyclic) bond motifs is 4. The average Bonchev–Trinajstić information content (AvgIpc) is 3.31. The number of aromatic nitrogens is 4. The van der Waals surface area contributed by atoms with E-state index in [2.05, 4.69) is 83.0 Å². The zero-order chi connectivity index (χ0) is 26.1. The number of hydrogen-bond acceptors (Lipinski definition) is 0. The van der Waals surface area contributed by atoms with E-state index in [1.54, 1.807) is 5.69 Å². The van der Waals surface area contributed by atoms with Crippen LogP contribution in [0.4, 0.5) is 25.2 Å². The van der Waals surface area contributed by atoms with Crippen molar-refractivity contribution in [2.75, 3.05) is 0 Å². The molecular weight excluding hydrogens is 686 g/mol. The number of hydrogen-bond donors (Lipinski definition) is 0. The Balaban J connectivity index is 0.000000200. The molecule has 0 fully saturated rings. The fourth-order valence-electron chi connectivity index (χ4n) is 4.49. The monoisotopic (exact) mass is 720 g/mol. The molecule has 1 aliphatic carbocycles. The van der Waals surface area contributed by atoms with E-state index in [0.29, 0.717) is 12.1 Å². The van der Waals surface area contributed by atoms with Crippen molar-refractivity contribution in [3.05, 3.63) is 48.0 Å². The molecule has 0 spiro atoms. The minimum absolute atomic E-state index is 0. The zero-order valence-corrected chi connectivity index (χ0v) is 24.0. The Kier molecular flexibility index (Phi) is 9.26. The summed E-state index contributed by atoms with van der Waals surface area (Å²) in [7, 11) is -10.7. The molecule has 0 saturated heterocycles. The molecule has 0 unspecified atom stereocenters. The third kappa shape index (κ3) is 9.19. The van der Waals surface area contributed by atoms with Gasteiger partial charge in [-0.05, 0) is 34.1 Å². The Labute approximate surface area is 224 Å². The molecule has 0 saturated carbocycles. The van der Waals surface area contributed by atoms with Crippen LogP contribution < -0.4 is 9.25 Å². The van der Waals surface area contributed by atoms with Crippen LogP contribution in [0.2, 0.25) is 0 Å². The van der Waals surface area contributed by atoms with Crippen molar-refractivity contribution in [3.8, 4) is 0 Å². The van der Waals surface area contributed by atoms with Gasteiger partial charge in [-0.3, -0.25) is 4.68 Å². The topological polar surface area (TPSA) is 17.6 Å². The molecule has 4 nitrogen and oxygen atoms in total. The first kappa shape index (κ1) is 30.9. The Morgan fingerprint density at radius 2 is 1.50 bits per heavy atom. The number of para-hydroxylation sites is 2.